The standard InChI is InChI=1S/C23H31IN2O7S/c24-6-7-30-8-9-31-10-11-32-12-13-33-14-15-34-20-3-1-2-17-18(20)16-26(23(17)29)19-4-5-21(27)25-22(19)28/h1-3,19H,4-16H2,(H,25,27,28). The van der Waals surface area contributed by atoms with Crippen LogP contribution in [-0.4, -0.2) is 91.7 Å². The molecule has 0 radical (unpaired) electrons. The molecule has 11 heteroatoms. The van der Waals surface area contributed by atoms with Crippen molar-refractivity contribution in [3.8, 4) is 0 Å². The third-order valence-electron chi connectivity index (χ3n) is 5.36. The fourth-order valence-corrected chi connectivity index (χ4v) is 4.98. The average Bonchev–Trinajstić information content (AvgIpc) is 3.16. The molecule has 1 unspecified atom stereocenters. The smallest absolute Gasteiger partial charge is 0.255 e. The molecule has 3 rings (SSSR count). The van der Waals surface area contributed by atoms with Gasteiger partial charge in [0.25, 0.3) is 5.91 Å². The Morgan fingerprint density at radius 2 is 1.59 bits per heavy atom. The van der Waals surface area contributed by atoms with Gasteiger partial charge in [-0.1, -0.05) is 28.7 Å². The first-order chi connectivity index (χ1) is 16.6. The third kappa shape index (κ3) is 8.16. The summed E-state index contributed by atoms with van der Waals surface area (Å²) < 4.78 is 22.8. The lowest BCUT2D eigenvalue weighted by atomic mass is 10.0. The van der Waals surface area contributed by atoms with Crippen molar-refractivity contribution in [1.82, 2.24) is 10.2 Å². The second-order valence-corrected chi connectivity index (χ2v) is 9.88. The van der Waals surface area contributed by atoms with E-state index in [2.05, 4.69) is 27.9 Å². The summed E-state index contributed by atoms with van der Waals surface area (Å²) in [4.78, 5) is 39.1. The maximum absolute atomic E-state index is 12.9. The summed E-state index contributed by atoms with van der Waals surface area (Å²) in [5.41, 5.74) is 1.56. The summed E-state index contributed by atoms with van der Waals surface area (Å²) in [5, 5.41) is 2.33. The number of carbonyl (C=O) groups excluding carboxylic acids is 3. The maximum atomic E-state index is 12.9. The summed E-state index contributed by atoms with van der Waals surface area (Å²) in [6, 6.07) is 5.04. The second kappa shape index (κ2) is 15.0. The number of ether oxygens (including phenoxy) is 4. The molecule has 0 aliphatic carbocycles. The van der Waals surface area contributed by atoms with Gasteiger partial charge in [0.05, 0.1) is 52.9 Å². The topological polar surface area (TPSA) is 103 Å². The number of hydrogen-bond acceptors (Lipinski definition) is 8. The molecule has 188 valence electrons. The lowest BCUT2D eigenvalue weighted by Gasteiger charge is -2.29. The van der Waals surface area contributed by atoms with Crippen molar-refractivity contribution in [2.75, 3.05) is 63.0 Å². The second-order valence-electron chi connectivity index (χ2n) is 7.67. The van der Waals surface area contributed by atoms with E-state index in [9.17, 15) is 14.4 Å². The number of hydrogen-bond donors (Lipinski definition) is 1. The zero-order chi connectivity index (χ0) is 24.2. The van der Waals surface area contributed by atoms with Crippen LogP contribution in [0, 0.1) is 0 Å². The van der Waals surface area contributed by atoms with Crippen LogP contribution in [0.1, 0.15) is 28.8 Å². The summed E-state index contributed by atoms with van der Waals surface area (Å²) in [5.74, 6) is -0.0938. The number of fused-ring (bicyclic) bond motifs is 1. The Bertz CT molecular complexity index is 842. The lowest BCUT2D eigenvalue weighted by Crippen LogP contribution is -2.52. The van der Waals surface area contributed by atoms with Gasteiger partial charge >= 0.3 is 0 Å². The van der Waals surface area contributed by atoms with Crippen LogP contribution in [0.2, 0.25) is 0 Å². The molecule has 1 aromatic rings. The van der Waals surface area contributed by atoms with Crippen LogP contribution in [0.4, 0.5) is 0 Å². The first-order valence-corrected chi connectivity index (χ1v) is 13.9. The van der Waals surface area contributed by atoms with E-state index in [0.29, 0.717) is 64.8 Å². The zero-order valence-corrected chi connectivity index (χ0v) is 22.1. The number of alkyl halides is 1. The first kappa shape index (κ1) is 27.3. The molecule has 34 heavy (non-hydrogen) atoms. The number of piperidine rings is 1. The molecule has 1 N–H and O–H groups in total. The third-order valence-corrected chi connectivity index (χ3v) is 6.87. The molecule has 1 atom stereocenters. The van der Waals surface area contributed by atoms with Gasteiger partial charge < -0.3 is 23.8 Å². The van der Waals surface area contributed by atoms with E-state index in [-0.39, 0.29) is 18.2 Å². The van der Waals surface area contributed by atoms with Crippen molar-refractivity contribution in [3.05, 3.63) is 29.3 Å². The molecule has 3 amide bonds. The normalized spacial score (nSPS) is 17.9. The lowest BCUT2D eigenvalue weighted by molar-refractivity contribution is -0.136. The van der Waals surface area contributed by atoms with Gasteiger partial charge in [-0.2, -0.15) is 0 Å². The van der Waals surface area contributed by atoms with E-state index in [1.807, 2.05) is 12.1 Å². The molecule has 1 aromatic carbocycles. The molecular weight excluding hydrogens is 575 g/mol. The van der Waals surface area contributed by atoms with E-state index in [4.69, 9.17) is 18.9 Å². The van der Waals surface area contributed by atoms with Crippen molar-refractivity contribution >= 4 is 52.1 Å². The summed E-state index contributed by atoms with van der Waals surface area (Å²) in [6.07, 6.45) is 0.613. The molecule has 0 saturated carbocycles. The van der Waals surface area contributed by atoms with Crippen LogP contribution in [0.3, 0.4) is 0 Å². The average molecular weight is 606 g/mol. The number of benzene rings is 1. The fourth-order valence-electron chi connectivity index (χ4n) is 3.72. The highest BCUT2D eigenvalue weighted by atomic mass is 127. The predicted molar refractivity (Wildman–Crippen MR) is 135 cm³/mol. The number of nitrogens with zero attached hydrogens (tertiary/aromatic N) is 1. The van der Waals surface area contributed by atoms with Crippen molar-refractivity contribution in [2.24, 2.45) is 0 Å². The quantitative estimate of drug-likeness (QED) is 0.100. The van der Waals surface area contributed by atoms with Gasteiger partial charge in [-0.3, -0.25) is 19.7 Å². The molecule has 0 spiro atoms. The zero-order valence-electron chi connectivity index (χ0n) is 19.1. The summed E-state index contributed by atoms with van der Waals surface area (Å²) in [7, 11) is 0. The van der Waals surface area contributed by atoms with Gasteiger partial charge in [0.15, 0.2) is 0 Å². The van der Waals surface area contributed by atoms with Crippen LogP contribution >= 0.6 is 34.4 Å². The van der Waals surface area contributed by atoms with Crippen LogP contribution < -0.4 is 5.32 Å². The highest BCUT2D eigenvalue weighted by Crippen LogP contribution is 2.34. The van der Waals surface area contributed by atoms with Crippen molar-refractivity contribution in [3.63, 3.8) is 0 Å². The Morgan fingerprint density at radius 1 is 0.941 bits per heavy atom. The fraction of sp³-hybridized carbons (Fsp3) is 0.609. The number of imide groups is 1. The predicted octanol–water partition coefficient (Wildman–Crippen LogP) is 2.04. The van der Waals surface area contributed by atoms with Crippen LogP contribution in [0.25, 0.3) is 0 Å². The highest BCUT2D eigenvalue weighted by Gasteiger charge is 2.39. The monoisotopic (exact) mass is 606 g/mol. The van der Waals surface area contributed by atoms with Gasteiger partial charge in [0.1, 0.15) is 6.04 Å². The summed E-state index contributed by atoms with van der Waals surface area (Å²) in [6.45, 7) is 4.96. The molecule has 9 nitrogen and oxygen atoms in total. The molecule has 2 aliphatic heterocycles. The number of rotatable bonds is 16. The molecule has 1 saturated heterocycles. The Kier molecular flexibility index (Phi) is 12.1. The van der Waals surface area contributed by atoms with E-state index in [1.54, 1.807) is 22.7 Å². The van der Waals surface area contributed by atoms with Crippen molar-refractivity contribution < 1.29 is 33.3 Å². The van der Waals surface area contributed by atoms with Gasteiger partial charge in [0, 0.05) is 33.6 Å². The van der Waals surface area contributed by atoms with Gasteiger partial charge in [0.2, 0.25) is 11.8 Å². The molecular formula is C23H31IN2O7S. The van der Waals surface area contributed by atoms with E-state index < -0.39 is 11.9 Å². The number of halogens is 1. The van der Waals surface area contributed by atoms with Gasteiger partial charge in [-0.25, -0.2) is 0 Å². The van der Waals surface area contributed by atoms with E-state index in [1.165, 1.54) is 0 Å². The number of amides is 3. The molecule has 0 bridgehead atoms. The van der Waals surface area contributed by atoms with Crippen LogP contribution in [0.5, 0.6) is 0 Å². The number of thioether (sulfide) groups is 1. The summed E-state index contributed by atoms with van der Waals surface area (Å²) >= 11 is 3.90. The SMILES string of the molecule is O=C1CCC(N2Cc3c(SCCOCCOCCOCCOCCI)cccc3C2=O)C(=O)N1. The van der Waals surface area contributed by atoms with Crippen LogP contribution in [0.15, 0.2) is 23.1 Å². The minimum atomic E-state index is -0.599. The maximum Gasteiger partial charge on any atom is 0.255 e. The largest absolute Gasteiger partial charge is 0.378 e. The van der Waals surface area contributed by atoms with Crippen LogP contribution in [-0.2, 0) is 35.1 Å². The van der Waals surface area contributed by atoms with E-state index in [0.717, 1.165) is 27.2 Å². The van der Waals surface area contributed by atoms with Crippen molar-refractivity contribution in [1.29, 1.82) is 0 Å². The Labute approximate surface area is 217 Å². The molecule has 0 aromatic heterocycles. The Morgan fingerprint density at radius 3 is 2.24 bits per heavy atom. The molecule has 1 fully saturated rings. The van der Waals surface area contributed by atoms with E-state index >= 15 is 0 Å². The number of carbonyl (C=O) groups is 3. The minimum absolute atomic E-state index is 0.155. The Hall–Kier alpha value is -1.25. The minimum Gasteiger partial charge on any atom is -0.378 e. The molecule has 2 aliphatic rings. The number of nitrogens with one attached hydrogen (secondary N) is 1. The van der Waals surface area contributed by atoms with Gasteiger partial charge in [-0.15, -0.1) is 11.8 Å². The Balaban J connectivity index is 1.30. The first-order valence-electron chi connectivity index (χ1n) is 11.4. The van der Waals surface area contributed by atoms with Gasteiger partial charge in [-0.05, 0) is 24.1 Å². The van der Waals surface area contributed by atoms with Crippen molar-refractivity contribution in [2.45, 2.75) is 30.3 Å². The highest BCUT2D eigenvalue weighted by molar-refractivity contribution is 14.1. The molecule has 2 heterocycles.